The van der Waals surface area contributed by atoms with Gasteiger partial charge >= 0.3 is 0 Å². The zero-order valence-electron chi connectivity index (χ0n) is 9.38. The van der Waals surface area contributed by atoms with E-state index in [0.717, 1.165) is 19.7 Å². The maximum Gasteiger partial charge on any atom is 0.0973 e. The van der Waals surface area contributed by atoms with Gasteiger partial charge in [0.15, 0.2) is 0 Å². The van der Waals surface area contributed by atoms with Crippen LogP contribution in [-0.2, 0) is 4.74 Å². The minimum Gasteiger partial charge on any atom is -0.371 e. The number of likely N-dealkylation sites (N-methyl/N-ethyl adjacent to an activating group) is 1. The van der Waals surface area contributed by atoms with Crippen LogP contribution in [0.5, 0.6) is 0 Å². The lowest BCUT2D eigenvalue weighted by molar-refractivity contribution is -0.0893. The Morgan fingerprint density at radius 1 is 1.57 bits per heavy atom. The number of rotatable bonds is 2. The highest BCUT2D eigenvalue weighted by Crippen LogP contribution is 2.32. The van der Waals surface area contributed by atoms with E-state index in [1.165, 1.54) is 25.8 Å². The molecule has 0 saturated carbocycles. The second-order valence-corrected chi connectivity index (χ2v) is 4.70. The molecule has 0 aromatic carbocycles. The summed E-state index contributed by atoms with van der Waals surface area (Å²) in [6.07, 6.45) is 3.68. The predicted octanol–water partition coefficient (Wildman–Crippen LogP) is 0.849. The standard InChI is InChI=1S/C11H22N2O/c1-3-4-10-11(14-8-6-12-10)5-7-13(2)9-11/h10,12H,3-9H2,1-2H3. The zero-order valence-corrected chi connectivity index (χ0v) is 9.38. The normalized spacial score (nSPS) is 39.4. The zero-order chi connectivity index (χ0) is 10.0. The number of ether oxygens (including phenoxy) is 1. The Kier molecular flexibility index (Phi) is 3.10. The largest absolute Gasteiger partial charge is 0.371 e. The van der Waals surface area contributed by atoms with E-state index in [9.17, 15) is 0 Å². The highest BCUT2D eigenvalue weighted by molar-refractivity contribution is 5.01. The molecule has 2 unspecified atom stereocenters. The molecule has 0 radical (unpaired) electrons. The van der Waals surface area contributed by atoms with Crippen molar-refractivity contribution >= 4 is 0 Å². The molecule has 2 fully saturated rings. The van der Waals surface area contributed by atoms with Crippen LogP contribution in [0.2, 0.25) is 0 Å². The number of nitrogens with one attached hydrogen (secondary N) is 1. The first-order chi connectivity index (χ1) is 6.77. The van der Waals surface area contributed by atoms with Gasteiger partial charge in [-0.3, -0.25) is 0 Å². The smallest absolute Gasteiger partial charge is 0.0973 e. The lowest BCUT2D eigenvalue weighted by Gasteiger charge is -2.42. The molecule has 2 aliphatic rings. The predicted molar refractivity (Wildman–Crippen MR) is 57.5 cm³/mol. The summed E-state index contributed by atoms with van der Waals surface area (Å²) in [5.41, 5.74) is 0.128. The van der Waals surface area contributed by atoms with Crippen molar-refractivity contribution in [1.29, 1.82) is 0 Å². The Morgan fingerprint density at radius 2 is 2.43 bits per heavy atom. The van der Waals surface area contributed by atoms with Crippen LogP contribution in [0, 0.1) is 0 Å². The van der Waals surface area contributed by atoms with Gasteiger partial charge in [0.1, 0.15) is 0 Å². The molecule has 0 aliphatic carbocycles. The number of morpholine rings is 1. The average molecular weight is 198 g/mol. The molecular formula is C11H22N2O. The van der Waals surface area contributed by atoms with Crippen LogP contribution in [-0.4, -0.2) is 49.8 Å². The van der Waals surface area contributed by atoms with Gasteiger partial charge in [-0.05, 0) is 19.9 Å². The molecule has 0 bridgehead atoms. The van der Waals surface area contributed by atoms with Gasteiger partial charge in [0.2, 0.25) is 0 Å². The van der Waals surface area contributed by atoms with Crippen LogP contribution in [0.15, 0.2) is 0 Å². The van der Waals surface area contributed by atoms with E-state index < -0.39 is 0 Å². The third-order valence-corrected chi connectivity index (χ3v) is 3.55. The van der Waals surface area contributed by atoms with Crippen LogP contribution in [0.1, 0.15) is 26.2 Å². The highest BCUT2D eigenvalue weighted by Gasteiger charge is 2.45. The molecule has 82 valence electrons. The Morgan fingerprint density at radius 3 is 3.07 bits per heavy atom. The first-order valence-electron chi connectivity index (χ1n) is 5.83. The van der Waals surface area contributed by atoms with Crippen LogP contribution in [0.3, 0.4) is 0 Å². The molecule has 2 rings (SSSR count). The first kappa shape index (κ1) is 10.4. The van der Waals surface area contributed by atoms with Crippen molar-refractivity contribution in [3.63, 3.8) is 0 Å². The van der Waals surface area contributed by atoms with Gasteiger partial charge < -0.3 is 15.0 Å². The highest BCUT2D eigenvalue weighted by atomic mass is 16.5. The monoisotopic (exact) mass is 198 g/mol. The SMILES string of the molecule is CCCC1NCCOC12CCN(C)C2. The Hall–Kier alpha value is -0.120. The second-order valence-electron chi connectivity index (χ2n) is 4.70. The first-order valence-corrected chi connectivity index (χ1v) is 5.83. The molecule has 3 heteroatoms. The van der Waals surface area contributed by atoms with Gasteiger partial charge in [-0.2, -0.15) is 0 Å². The number of nitrogens with zero attached hydrogens (tertiary/aromatic N) is 1. The summed E-state index contributed by atoms with van der Waals surface area (Å²) in [6.45, 7) is 6.44. The van der Waals surface area contributed by atoms with Crippen LogP contribution < -0.4 is 5.32 Å². The number of likely N-dealkylation sites (tertiary alicyclic amines) is 1. The van der Waals surface area contributed by atoms with E-state index in [1.807, 2.05) is 0 Å². The summed E-state index contributed by atoms with van der Waals surface area (Å²) in [6, 6.07) is 0.575. The summed E-state index contributed by atoms with van der Waals surface area (Å²) < 4.78 is 6.06. The van der Waals surface area contributed by atoms with Gasteiger partial charge in [-0.15, -0.1) is 0 Å². The number of hydrogen-bond donors (Lipinski definition) is 1. The third-order valence-electron chi connectivity index (χ3n) is 3.55. The quantitative estimate of drug-likeness (QED) is 0.712. The molecule has 0 aromatic heterocycles. The maximum atomic E-state index is 6.06. The fourth-order valence-electron chi connectivity index (χ4n) is 2.83. The lowest BCUT2D eigenvalue weighted by Crippen LogP contribution is -2.59. The van der Waals surface area contributed by atoms with E-state index >= 15 is 0 Å². The minimum absolute atomic E-state index is 0.128. The van der Waals surface area contributed by atoms with E-state index in [2.05, 4.69) is 24.2 Å². The van der Waals surface area contributed by atoms with Gasteiger partial charge in [0.05, 0.1) is 12.2 Å². The molecule has 14 heavy (non-hydrogen) atoms. The molecule has 0 amide bonds. The van der Waals surface area contributed by atoms with Crippen molar-refractivity contribution in [3.05, 3.63) is 0 Å². The van der Waals surface area contributed by atoms with Crippen molar-refractivity contribution in [1.82, 2.24) is 10.2 Å². The molecule has 2 aliphatic heterocycles. The van der Waals surface area contributed by atoms with Crippen molar-refractivity contribution in [2.24, 2.45) is 0 Å². The minimum atomic E-state index is 0.128. The summed E-state index contributed by atoms with van der Waals surface area (Å²) in [5, 5.41) is 3.62. The lowest BCUT2D eigenvalue weighted by atomic mass is 9.88. The van der Waals surface area contributed by atoms with E-state index in [4.69, 9.17) is 4.74 Å². The van der Waals surface area contributed by atoms with Gasteiger partial charge in [-0.1, -0.05) is 13.3 Å². The van der Waals surface area contributed by atoms with Crippen LogP contribution >= 0.6 is 0 Å². The summed E-state index contributed by atoms with van der Waals surface area (Å²) >= 11 is 0. The second kappa shape index (κ2) is 4.17. The third kappa shape index (κ3) is 1.81. The van der Waals surface area contributed by atoms with Crippen molar-refractivity contribution < 1.29 is 4.74 Å². The van der Waals surface area contributed by atoms with E-state index in [-0.39, 0.29) is 5.60 Å². The molecule has 2 heterocycles. The van der Waals surface area contributed by atoms with Gasteiger partial charge in [0.25, 0.3) is 0 Å². The Bertz CT molecular complexity index is 192. The molecule has 2 saturated heterocycles. The van der Waals surface area contributed by atoms with Crippen molar-refractivity contribution in [3.8, 4) is 0 Å². The van der Waals surface area contributed by atoms with Crippen LogP contribution in [0.25, 0.3) is 0 Å². The summed E-state index contributed by atoms with van der Waals surface area (Å²) in [7, 11) is 2.19. The van der Waals surface area contributed by atoms with Crippen molar-refractivity contribution in [2.45, 2.75) is 37.8 Å². The number of hydrogen-bond acceptors (Lipinski definition) is 3. The van der Waals surface area contributed by atoms with Gasteiger partial charge in [0, 0.05) is 25.7 Å². The molecular weight excluding hydrogens is 176 g/mol. The Labute approximate surface area is 86.8 Å². The van der Waals surface area contributed by atoms with Gasteiger partial charge in [-0.25, -0.2) is 0 Å². The van der Waals surface area contributed by atoms with E-state index in [0.29, 0.717) is 6.04 Å². The molecule has 2 atom stereocenters. The summed E-state index contributed by atoms with van der Waals surface area (Å²) in [4.78, 5) is 2.38. The fourth-order valence-corrected chi connectivity index (χ4v) is 2.83. The maximum absolute atomic E-state index is 6.06. The topological polar surface area (TPSA) is 24.5 Å². The van der Waals surface area contributed by atoms with Crippen LogP contribution in [0.4, 0.5) is 0 Å². The van der Waals surface area contributed by atoms with Crippen molar-refractivity contribution in [2.75, 3.05) is 33.3 Å². The van der Waals surface area contributed by atoms with E-state index in [1.54, 1.807) is 0 Å². The molecule has 0 aromatic rings. The average Bonchev–Trinajstić information content (AvgIpc) is 2.53. The fraction of sp³-hybridized carbons (Fsp3) is 1.00. The Balaban J connectivity index is 2.05. The molecule has 3 nitrogen and oxygen atoms in total. The molecule has 1 N–H and O–H groups in total. The molecule has 1 spiro atoms. The summed E-state index contributed by atoms with van der Waals surface area (Å²) in [5.74, 6) is 0.